The number of pyridine rings is 1. The first-order valence-electron chi connectivity index (χ1n) is 8.23. The van der Waals surface area contributed by atoms with Crippen molar-refractivity contribution in [3.8, 4) is 5.82 Å². The molecule has 6 heteroatoms. The van der Waals surface area contributed by atoms with Crippen LogP contribution in [-0.2, 0) is 0 Å². The Balaban J connectivity index is 1.63. The van der Waals surface area contributed by atoms with Crippen molar-refractivity contribution in [2.24, 2.45) is 0 Å². The number of hydrogen-bond acceptors (Lipinski definition) is 3. The molecule has 25 heavy (non-hydrogen) atoms. The minimum absolute atomic E-state index is 0.0597. The third-order valence-corrected chi connectivity index (χ3v) is 4.51. The molecular weight excluding hydrogens is 319 g/mol. The van der Waals surface area contributed by atoms with Gasteiger partial charge in [0.2, 0.25) is 0 Å². The second-order valence-corrected chi connectivity index (χ2v) is 6.08. The van der Waals surface area contributed by atoms with Crippen LogP contribution in [0.3, 0.4) is 0 Å². The number of nitrogens with zero attached hydrogens (tertiary/aromatic N) is 4. The van der Waals surface area contributed by atoms with Crippen LogP contribution in [0.25, 0.3) is 5.82 Å². The van der Waals surface area contributed by atoms with E-state index in [1.54, 1.807) is 47.7 Å². The Morgan fingerprint density at radius 2 is 2.12 bits per heavy atom. The maximum Gasteiger partial charge on any atom is 0.254 e. The molecule has 4 rings (SSSR count). The lowest BCUT2D eigenvalue weighted by Crippen LogP contribution is -2.30. The van der Waals surface area contributed by atoms with Crippen molar-refractivity contribution in [3.05, 3.63) is 78.3 Å². The summed E-state index contributed by atoms with van der Waals surface area (Å²) in [6.45, 7) is 0.669. The molecule has 1 aliphatic heterocycles. The lowest BCUT2D eigenvalue weighted by Gasteiger charge is -2.25. The molecule has 1 atom stereocenters. The zero-order valence-corrected chi connectivity index (χ0v) is 13.5. The van der Waals surface area contributed by atoms with Crippen LogP contribution >= 0.6 is 0 Å². The van der Waals surface area contributed by atoms with Gasteiger partial charge in [-0.05, 0) is 42.7 Å². The molecule has 3 heterocycles. The monoisotopic (exact) mass is 336 g/mol. The number of halogens is 1. The first-order valence-corrected chi connectivity index (χ1v) is 8.23. The number of carbonyl (C=O) groups is 1. The van der Waals surface area contributed by atoms with E-state index in [0.29, 0.717) is 17.9 Å². The minimum atomic E-state index is -0.275. The van der Waals surface area contributed by atoms with Crippen LogP contribution in [0.4, 0.5) is 4.39 Å². The highest BCUT2D eigenvalue weighted by Crippen LogP contribution is 2.33. The van der Waals surface area contributed by atoms with Crippen molar-refractivity contribution in [2.75, 3.05) is 6.54 Å². The van der Waals surface area contributed by atoms with E-state index in [0.717, 1.165) is 18.4 Å². The van der Waals surface area contributed by atoms with Crippen LogP contribution < -0.4 is 0 Å². The molecule has 126 valence electrons. The van der Waals surface area contributed by atoms with E-state index in [-0.39, 0.29) is 17.8 Å². The van der Waals surface area contributed by atoms with Gasteiger partial charge < -0.3 is 4.90 Å². The number of imidazole rings is 1. The zero-order chi connectivity index (χ0) is 17.2. The van der Waals surface area contributed by atoms with Gasteiger partial charge in [0.25, 0.3) is 5.91 Å². The van der Waals surface area contributed by atoms with Gasteiger partial charge in [-0.2, -0.15) is 0 Å². The lowest BCUT2D eigenvalue weighted by molar-refractivity contribution is 0.0735. The Hall–Kier alpha value is -3.02. The van der Waals surface area contributed by atoms with Crippen molar-refractivity contribution in [1.82, 2.24) is 19.4 Å². The summed E-state index contributed by atoms with van der Waals surface area (Å²) in [5.74, 6) is 0.309. The summed E-state index contributed by atoms with van der Waals surface area (Å²) in [6.07, 6.45) is 8.46. The summed E-state index contributed by atoms with van der Waals surface area (Å²) < 4.78 is 15.3. The summed E-state index contributed by atoms with van der Waals surface area (Å²) in [6, 6.07) is 9.88. The van der Waals surface area contributed by atoms with E-state index < -0.39 is 0 Å². The van der Waals surface area contributed by atoms with Gasteiger partial charge in [0, 0.05) is 30.7 Å². The van der Waals surface area contributed by atoms with E-state index in [1.165, 1.54) is 12.1 Å². The normalized spacial score (nSPS) is 17.0. The molecular formula is C19H17FN4O. The van der Waals surface area contributed by atoms with Crippen LogP contribution in [0.2, 0.25) is 0 Å². The lowest BCUT2D eigenvalue weighted by atomic mass is 10.0. The standard InChI is InChI=1S/C19H17FN4O/c20-16-4-1-3-14(11-16)17-5-2-9-24(17)19(25)15-6-7-22-18(12-15)23-10-8-21-13-23/h1,3-4,6-8,10-13,17H,2,5,9H2/t17-/m0/s1. The molecule has 0 saturated carbocycles. The number of amides is 1. The van der Waals surface area contributed by atoms with Gasteiger partial charge in [0.15, 0.2) is 0 Å². The van der Waals surface area contributed by atoms with Crippen molar-refractivity contribution < 1.29 is 9.18 Å². The SMILES string of the molecule is O=C(c1ccnc(-n2ccnc2)c1)N1CCC[C@H]1c1cccc(F)c1. The first-order chi connectivity index (χ1) is 12.2. The predicted octanol–water partition coefficient (Wildman–Crippen LogP) is 3.38. The zero-order valence-electron chi connectivity index (χ0n) is 13.5. The summed E-state index contributed by atoms with van der Waals surface area (Å²) in [4.78, 5) is 23.1. The highest BCUT2D eigenvalue weighted by Gasteiger charge is 2.31. The van der Waals surface area contributed by atoms with Gasteiger partial charge in [0.05, 0.1) is 6.04 Å². The molecule has 0 spiro atoms. The molecule has 1 aromatic carbocycles. The van der Waals surface area contributed by atoms with Crippen molar-refractivity contribution in [3.63, 3.8) is 0 Å². The summed E-state index contributed by atoms with van der Waals surface area (Å²) in [7, 11) is 0. The van der Waals surface area contributed by atoms with Crippen LogP contribution in [0.1, 0.15) is 34.8 Å². The Morgan fingerprint density at radius 3 is 2.92 bits per heavy atom. The second kappa shape index (κ2) is 6.47. The predicted molar refractivity (Wildman–Crippen MR) is 90.8 cm³/mol. The summed E-state index contributed by atoms with van der Waals surface area (Å²) in [5.41, 5.74) is 1.41. The van der Waals surface area contributed by atoms with E-state index in [9.17, 15) is 9.18 Å². The number of rotatable bonds is 3. The van der Waals surface area contributed by atoms with Gasteiger partial charge in [-0.1, -0.05) is 12.1 Å². The molecule has 1 aliphatic rings. The maximum absolute atomic E-state index is 13.6. The fourth-order valence-corrected chi connectivity index (χ4v) is 3.32. The smallest absolute Gasteiger partial charge is 0.254 e. The molecule has 0 unspecified atom stereocenters. The fraction of sp³-hybridized carbons (Fsp3) is 0.211. The molecule has 1 fully saturated rings. The average molecular weight is 336 g/mol. The topological polar surface area (TPSA) is 51.0 Å². The van der Waals surface area contributed by atoms with Crippen LogP contribution in [0.15, 0.2) is 61.3 Å². The molecule has 0 N–H and O–H groups in total. The number of aromatic nitrogens is 3. The number of likely N-dealkylation sites (tertiary alicyclic amines) is 1. The van der Waals surface area contributed by atoms with Crippen LogP contribution in [0.5, 0.6) is 0 Å². The molecule has 1 amide bonds. The quantitative estimate of drug-likeness (QED) is 0.737. The van der Waals surface area contributed by atoms with Crippen LogP contribution in [0, 0.1) is 5.82 Å². The van der Waals surface area contributed by atoms with Crippen molar-refractivity contribution in [2.45, 2.75) is 18.9 Å². The number of hydrogen-bond donors (Lipinski definition) is 0. The fourth-order valence-electron chi connectivity index (χ4n) is 3.32. The highest BCUT2D eigenvalue weighted by atomic mass is 19.1. The molecule has 0 aliphatic carbocycles. The van der Waals surface area contributed by atoms with Gasteiger partial charge in [-0.15, -0.1) is 0 Å². The average Bonchev–Trinajstić information content (AvgIpc) is 3.33. The van der Waals surface area contributed by atoms with Gasteiger partial charge >= 0.3 is 0 Å². The third kappa shape index (κ3) is 3.03. The Labute approximate surface area is 144 Å². The third-order valence-electron chi connectivity index (χ3n) is 4.51. The van der Waals surface area contributed by atoms with Gasteiger partial charge in [-0.3, -0.25) is 9.36 Å². The molecule has 0 bridgehead atoms. The Morgan fingerprint density at radius 1 is 1.20 bits per heavy atom. The highest BCUT2D eigenvalue weighted by molar-refractivity contribution is 5.95. The Bertz CT molecular complexity index is 894. The molecule has 5 nitrogen and oxygen atoms in total. The van der Waals surface area contributed by atoms with Crippen LogP contribution in [-0.4, -0.2) is 31.9 Å². The number of benzene rings is 1. The molecule has 3 aromatic rings. The van der Waals surface area contributed by atoms with Gasteiger partial charge in [-0.25, -0.2) is 14.4 Å². The Kier molecular flexibility index (Phi) is 4.01. The first kappa shape index (κ1) is 15.5. The van der Waals surface area contributed by atoms with Crippen molar-refractivity contribution in [1.29, 1.82) is 0 Å². The van der Waals surface area contributed by atoms with E-state index >= 15 is 0 Å². The second-order valence-electron chi connectivity index (χ2n) is 6.08. The van der Waals surface area contributed by atoms with E-state index in [4.69, 9.17) is 0 Å². The summed E-state index contributed by atoms with van der Waals surface area (Å²) >= 11 is 0. The minimum Gasteiger partial charge on any atom is -0.332 e. The van der Waals surface area contributed by atoms with Gasteiger partial charge in [0.1, 0.15) is 18.0 Å². The van der Waals surface area contributed by atoms with E-state index in [1.807, 2.05) is 11.0 Å². The number of carbonyl (C=O) groups excluding carboxylic acids is 1. The largest absolute Gasteiger partial charge is 0.332 e. The molecule has 1 saturated heterocycles. The summed E-state index contributed by atoms with van der Waals surface area (Å²) in [5, 5.41) is 0. The maximum atomic E-state index is 13.6. The van der Waals surface area contributed by atoms with Crippen molar-refractivity contribution >= 4 is 5.91 Å². The molecule has 0 radical (unpaired) electrons. The van der Waals surface area contributed by atoms with E-state index in [2.05, 4.69) is 9.97 Å². The molecule has 2 aromatic heterocycles.